The third kappa shape index (κ3) is 2.76. The summed E-state index contributed by atoms with van der Waals surface area (Å²) in [6.45, 7) is 2.22. The van der Waals surface area contributed by atoms with Crippen LogP contribution in [-0.4, -0.2) is 37.6 Å². The molecular formula is C13H17ClN2O2. The molecule has 1 amide bonds. The van der Waals surface area contributed by atoms with Crippen molar-refractivity contribution in [1.82, 2.24) is 4.90 Å². The molecule has 98 valence electrons. The molecule has 1 heterocycles. The lowest BCUT2D eigenvalue weighted by Gasteiger charge is -2.17. The minimum absolute atomic E-state index is 0.0111. The Morgan fingerprint density at radius 2 is 2.39 bits per heavy atom. The zero-order valence-electron chi connectivity index (χ0n) is 10.4. The van der Waals surface area contributed by atoms with Gasteiger partial charge in [-0.15, -0.1) is 0 Å². The van der Waals surface area contributed by atoms with E-state index in [9.17, 15) is 4.79 Å². The first-order valence-corrected chi connectivity index (χ1v) is 6.33. The quantitative estimate of drug-likeness (QED) is 0.854. The highest BCUT2D eigenvalue weighted by atomic mass is 35.5. The maximum atomic E-state index is 12.2. The predicted molar refractivity (Wildman–Crippen MR) is 71.8 cm³/mol. The van der Waals surface area contributed by atoms with Gasteiger partial charge in [0.05, 0.1) is 17.3 Å². The fourth-order valence-electron chi connectivity index (χ4n) is 2.25. The Balaban J connectivity index is 2.05. The SMILES string of the molecule is COCC1CCN(C(=O)c2ccc(Cl)c(N)c2)C1. The first-order valence-electron chi connectivity index (χ1n) is 5.95. The summed E-state index contributed by atoms with van der Waals surface area (Å²) in [7, 11) is 1.68. The van der Waals surface area contributed by atoms with Gasteiger partial charge in [0.15, 0.2) is 0 Å². The molecule has 0 bridgehead atoms. The number of ether oxygens (including phenoxy) is 1. The van der Waals surface area contributed by atoms with E-state index < -0.39 is 0 Å². The number of methoxy groups -OCH3 is 1. The number of nitrogen functional groups attached to an aromatic ring is 1. The van der Waals surface area contributed by atoms with E-state index in [0.717, 1.165) is 19.5 Å². The number of carbonyl (C=O) groups excluding carboxylic acids is 1. The molecule has 1 unspecified atom stereocenters. The number of nitrogens with zero attached hydrogens (tertiary/aromatic N) is 1. The Hall–Kier alpha value is -1.26. The second-order valence-electron chi connectivity index (χ2n) is 4.60. The van der Waals surface area contributed by atoms with Crippen molar-refractivity contribution in [3.63, 3.8) is 0 Å². The van der Waals surface area contributed by atoms with Gasteiger partial charge in [0.2, 0.25) is 0 Å². The zero-order chi connectivity index (χ0) is 13.1. The number of hydrogen-bond acceptors (Lipinski definition) is 3. The van der Waals surface area contributed by atoms with Crippen LogP contribution in [0.15, 0.2) is 18.2 Å². The third-order valence-corrected chi connectivity index (χ3v) is 3.56. The van der Waals surface area contributed by atoms with E-state index >= 15 is 0 Å². The molecule has 1 saturated heterocycles. The molecule has 2 N–H and O–H groups in total. The van der Waals surface area contributed by atoms with Gasteiger partial charge in [-0.3, -0.25) is 4.79 Å². The highest BCUT2D eigenvalue weighted by molar-refractivity contribution is 6.33. The molecule has 1 aromatic rings. The normalized spacial score (nSPS) is 19.2. The summed E-state index contributed by atoms with van der Waals surface area (Å²) in [4.78, 5) is 14.1. The van der Waals surface area contributed by atoms with Crippen LogP contribution >= 0.6 is 11.6 Å². The van der Waals surface area contributed by atoms with E-state index in [1.165, 1.54) is 0 Å². The van der Waals surface area contributed by atoms with Gasteiger partial charge in [-0.05, 0) is 24.6 Å². The lowest BCUT2D eigenvalue weighted by Crippen LogP contribution is -2.29. The van der Waals surface area contributed by atoms with Crippen molar-refractivity contribution >= 4 is 23.2 Å². The van der Waals surface area contributed by atoms with Crippen LogP contribution < -0.4 is 5.73 Å². The Morgan fingerprint density at radius 1 is 1.61 bits per heavy atom. The van der Waals surface area contributed by atoms with Gasteiger partial charge in [0.25, 0.3) is 5.91 Å². The molecule has 0 radical (unpaired) electrons. The Morgan fingerprint density at radius 3 is 3.06 bits per heavy atom. The topological polar surface area (TPSA) is 55.6 Å². The minimum Gasteiger partial charge on any atom is -0.398 e. The van der Waals surface area contributed by atoms with E-state index in [4.69, 9.17) is 22.1 Å². The van der Waals surface area contributed by atoms with Crippen LogP contribution in [0.3, 0.4) is 0 Å². The van der Waals surface area contributed by atoms with Crippen LogP contribution in [-0.2, 0) is 4.74 Å². The van der Waals surface area contributed by atoms with Gasteiger partial charge in [-0.25, -0.2) is 0 Å². The summed E-state index contributed by atoms with van der Waals surface area (Å²) in [5, 5.41) is 0.477. The number of halogens is 1. The molecular weight excluding hydrogens is 252 g/mol. The molecule has 1 atom stereocenters. The van der Waals surface area contributed by atoms with Crippen LogP contribution in [0.2, 0.25) is 5.02 Å². The minimum atomic E-state index is 0.0111. The lowest BCUT2D eigenvalue weighted by atomic mass is 10.1. The molecule has 0 saturated carbocycles. The van der Waals surface area contributed by atoms with Crippen LogP contribution in [0.25, 0.3) is 0 Å². The Bertz CT molecular complexity index is 451. The van der Waals surface area contributed by atoms with Crippen LogP contribution in [0.4, 0.5) is 5.69 Å². The molecule has 1 aromatic carbocycles. The zero-order valence-corrected chi connectivity index (χ0v) is 11.1. The van der Waals surface area contributed by atoms with Gasteiger partial charge in [-0.2, -0.15) is 0 Å². The molecule has 1 fully saturated rings. The van der Waals surface area contributed by atoms with Crippen LogP contribution in [0.1, 0.15) is 16.8 Å². The average Bonchev–Trinajstić information content (AvgIpc) is 2.81. The number of anilines is 1. The monoisotopic (exact) mass is 268 g/mol. The van der Waals surface area contributed by atoms with Gasteiger partial charge < -0.3 is 15.4 Å². The lowest BCUT2D eigenvalue weighted by molar-refractivity contribution is 0.0775. The van der Waals surface area contributed by atoms with Gasteiger partial charge >= 0.3 is 0 Å². The van der Waals surface area contributed by atoms with Crippen molar-refractivity contribution in [1.29, 1.82) is 0 Å². The van der Waals surface area contributed by atoms with E-state index in [0.29, 0.717) is 28.8 Å². The molecule has 0 spiro atoms. The number of rotatable bonds is 3. The summed E-state index contributed by atoms with van der Waals surface area (Å²) < 4.78 is 5.12. The number of hydrogen-bond donors (Lipinski definition) is 1. The van der Waals surface area contributed by atoms with Crippen molar-refractivity contribution in [3.8, 4) is 0 Å². The fourth-order valence-corrected chi connectivity index (χ4v) is 2.37. The number of nitrogens with two attached hydrogens (primary N) is 1. The second kappa shape index (κ2) is 5.59. The second-order valence-corrected chi connectivity index (χ2v) is 5.00. The Labute approximate surface area is 112 Å². The smallest absolute Gasteiger partial charge is 0.253 e. The van der Waals surface area contributed by atoms with Crippen molar-refractivity contribution in [2.24, 2.45) is 5.92 Å². The van der Waals surface area contributed by atoms with E-state index in [1.807, 2.05) is 4.90 Å². The van der Waals surface area contributed by atoms with Crippen molar-refractivity contribution in [2.75, 3.05) is 32.5 Å². The van der Waals surface area contributed by atoms with Gasteiger partial charge in [-0.1, -0.05) is 11.6 Å². The predicted octanol–water partition coefficient (Wildman–Crippen LogP) is 2.03. The number of amides is 1. The average molecular weight is 269 g/mol. The molecule has 1 aliphatic rings. The van der Waals surface area contributed by atoms with Crippen molar-refractivity contribution in [2.45, 2.75) is 6.42 Å². The van der Waals surface area contributed by atoms with E-state index in [2.05, 4.69) is 0 Å². The van der Waals surface area contributed by atoms with E-state index in [1.54, 1.807) is 25.3 Å². The van der Waals surface area contributed by atoms with Crippen LogP contribution in [0.5, 0.6) is 0 Å². The summed E-state index contributed by atoms with van der Waals surface area (Å²) in [6.07, 6.45) is 0.989. The third-order valence-electron chi connectivity index (χ3n) is 3.22. The molecule has 4 nitrogen and oxygen atoms in total. The number of carbonyl (C=O) groups is 1. The van der Waals surface area contributed by atoms with Crippen molar-refractivity contribution in [3.05, 3.63) is 28.8 Å². The molecule has 0 aromatic heterocycles. The first-order chi connectivity index (χ1) is 8.61. The molecule has 18 heavy (non-hydrogen) atoms. The van der Waals surface area contributed by atoms with Crippen molar-refractivity contribution < 1.29 is 9.53 Å². The molecule has 1 aliphatic heterocycles. The Kier molecular flexibility index (Phi) is 4.09. The van der Waals surface area contributed by atoms with E-state index in [-0.39, 0.29) is 5.91 Å². The van der Waals surface area contributed by atoms with Crippen LogP contribution in [0, 0.1) is 5.92 Å². The molecule has 0 aliphatic carbocycles. The summed E-state index contributed by atoms with van der Waals surface area (Å²) in [5.74, 6) is 0.445. The van der Waals surface area contributed by atoms with Gasteiger partial charge in [0.1, 0.15) is 0 Å². The molecule has 5 heteroatoms. The maximum absolute atomic E-state index is 12.2. The largest absolute Gasteiger partial charge is 0.398 e. The number of benzene rings is 1. The van der Waals surface area contributed by atoms with Gasteiger partial charge in [0, 0.05) is 31.7 Å². The maximum Gasteiger partial charge on any atom is 0.253 e. The summed E-state index contributed by atoms with van der Waals surface area (Å²) in [5.41, 5.74) is 6.74. The molecule has 2 rings (SSSR count). The fraction of sp³-hybridized carbons (Fsp3) is 0.462. The highest BCUT2D eigenvalue weighted by Crippen LogP contribution is 2.23. The number of likely N-dealkylation sites (tertiary alicyclic amines) is 1. The standard InChI is InChI=1S/C13H17ClN2O2/c1-18-8-9-4-5-16(7-9)13(17)10-2-3-11(14)12(15)6-10/h2-3,6,9H,4-5,7-8,15H2,1H3. The summed E-state index contributed by atoms with van der Waals surface area (Å²) >= 11 is 5.84. The first kappa shape index (κ1) is 13.2. The summed E-state index contributed by atoms with van der Waals surface area (Å²) in [6, 6.07) is 5.01. The highest BCUT2D eigenvalue weighted by Gasteiger charge is 2.26.